The quantitative estimate of drug-likeness (QED) is 0.783. The van der Waals surface area contributed by atoms with Gasteiger partial charge in [0.25, 0.3) is 0 Å². The van der Waals surface area contributed by atoms with E-state index in [1.807, 2.05) is 0 Å². The van der Waals surface area contributed by atoms with E-state index in [2.05, 4.69) is 0 Å². The van der Waals surface area contributed by atoms with Gasteiger partial charge in [0.2, 0.25) is 0 Å². The third kappa shape index (κ3) is 2.67. The largest absolute Gasteiger partial charge is 0.446 e. The first kappa shape index (κ1) is 13.7. The van der Waals surface area contributed by atoms with Crippen molar-refractivity contribution < 1.29 is 22.7 Å². The van der Waals surface area contributed by atoms with Crippen LogP contribution in [-0.4, -0.2) is 24.4 Å². The van der Waals surface area contributed by atoms with Crippen molar-refractivity contribution in [2.45, 2.75) is 38.6 Å². The van der Waals surface area contributed by atoms with Crippen LogP contribution in [0.4, 0.5) is 23.7 Å². The lowest BCUT2D eigenvalue weighted by Crippen LogP contribution is -2.47. The minimum Gasteiger partial charge on any atom is -0.446 e. The molecule has 0 spiro atoms. The maximum atomic E-state index is 13.0. The van der Waals surface area contributed by atoms with E-state index in [-0.39, 0.29) is 12.1 Å². The van der Waals surface area contributed by atoms with Crippen LogP contribution in [0.25, 0.3) is 0 Å². The topological polar surface area (TPSA) is 29.5 Å². The van der Waals surface area contributed by atoms with Gasteiger partial charge >= 0.3 is 12.3 Å². The fourth-order valence-electron chi connectivity index (χ4n) is 2.13. The molecule has 0 saturated heterocycles. The van der Waals surface area contributed by atoms with Crippen LogP contribution < -0.4 is 4.90 Å². The molecule has 1 aromatic carbocycles. The average molecular weight is 273 g/mol. The van der Waals surface area contributed by atoms with Gasteiger partial charge in [0.15, 0.2) is 0 Å². The van der Waals surface area contributed by atoms with Crippen molar-refractivity contribution in [2.75, 3.05) is 4.90 Å². The molecule has 1 amide bonds. The zero-order chi connectivity index (χ0) is 14.2. The number of alkyl halides is 3. The molecule has 0 aromatic heterocycles. The predicted molar refractivity (Wildman–Crippen MR) is 64.1 cm³/mol. The van der Waals surface area contributed by atoms with Gasteiger partial charge in [0, 0.05) is 6.42 Å². The molecule has 0 radical (unpaired) electrons. The minimum atomic E-state index is -4.48. The van der Waals surface area contributed by atoms with E-state index in [0.29, 0.717) is 10.5 Å². The second-order valence-corrected chi connectivity index (χ2v) is 4.69. The zero-order valence-corrected chi connectivity index (χ0v) is 10.6. The molecule has 1 aliphatic rings. The number of carbonyl (C=O) groups is 1. The van der Waals surface area contributed by atoms with E-state index < -0.39 is 24.4 Å². The molecule has 0 saturated carbocycles. The molecule has 0 bridgehead atoms. The van der Waals surface area contributed by atoms with Crippen molar-refractivity contribution in [1.82, 2.24) is 0 Å². The number of nitrogens with zero attached hydrogens (tertiary/aromatic N) is 1. The Morgan fingerprint density at radius 2 is 2.00 bits per heavy atom. The van der Waals surface area contributed by atoms with Crippen LogP contribution in [-0.2, 0) is 11.2 Å². The highest BCUT2D eigenvalue weighted by atomic mass is 19.4. The number of rotatable bonds is 1. The van der Waals surface area contributed by atoms with Gasteiger partial charge in [-0.25, -0.2) is 4.79 Å². The average Bonchev–Trinajstić information content (AvgIpc) is 2.66. The smallest absolute Gasteiger partial charge is 0.415 e. The lowest BCUT2D eigenvalue weighted by atomic mass is 10.1. The fraction of sp³-hybridized carbons (Fsp3) is 0.462. The first-order chi connectivity index (χ1) is 8.80. The molecule has 3 nitrogen and oxygen atoms in total. The number of anilines is 1. The first-order valence-electron chi connectivity index (χ1n) is 5.95. The normalized spacial score (nSPS) is 18.6. The SMILES string of the molecule is CC(C)OC(=O)N1c2ccccc2CC1C(F)(F)F. The molecule has 104 valence electrons. The van der Waals surface area contributed by atoms with Crippen molar-refractivity contribution in [1.29, 1.82) is 0 Å². The molecular formula is C13H14F3NO2. The lowest BCUT2D eigenvalue weighted by Gasteiger charge is -2.27. The number of amides is 1. The van der Waals surface area contributed by atoms with E-state index >= 15 is 0 Å². The summed E-state index contributed by atoms with van der Waals surface area (Å²) in [5.74, 6) is 0. The number of para-hydroxylation sites is 1. The van der Waals surface area contributed by atoms with Crippen molar-refractivity contribution in [2.24, 2.45) is 0 Å². The first-order valence-corrected chi connectivity index (χ1v) is 5.95. The molecule has 1 aromatic rings. The summed E-state index contributed by atoms with van der Waals surface area (Å²) < 4.78 is 44.0. The fourth-order valence-corrected chi connectivity index (χ4v) is 2.13. The summed E-state index contributed by atoms with van der Waals surface area (Å²) >= 11 is 0. The Morgan fingerprint density at radius 3 is 2.58 bits per heavy atom. The molecule has 0 aliphatic carbocycles. The Bertz CT molecular complexity index is 485. The molecule has 0 N–H and O–H groups in total. The van der Waals surface area contributed by atoms with Gasteiger partial charge in [-0.15, -0.1) is 0 Å². The number of hydrogen-bond acceptors (Lipinski definition) is 2. The molecule has 2 rings (SSSR count). The second-order valence-electron chi connectivity index (χ2n) is 4.69. The summed E-state index contributed by atoms with van der Waals surface area (Å²) in [7, 11) is 0. The molecule has 0 fully saturated rings. The van der Waals surface area contributed by atoms with Crippen molar-refractivity contribution >= 4 is 11.8 Å². The Balaban J connectivity index is 2.37. The van der Waals surface area contributed by atoms with Crippen LogP contribution >= 0.6 is 0 Å². The Kier molecular flexibility index (Phi) is 3.43. The minimum absolute atomic E-state index is 0.229. The predicted octanol–water partition coefficient (Wildman–Crippen LogP) is 3.53. The van der Waals surface area contributed by atoms with E-state index in [1.165, 1.54) is 6.07 Å². The van der Waals surface area contributed by atoms with Gasteiger partial charge in [0.1, 0.15) is 6.04 Å². The number of hydrogen-bond donors (Lipinski definition) is 0. The monoisotopic (exact) mass is 273 g/mol. The van der Waals surface area contributed by atoms with Gasteiger partial charge in [-0.1, -0.05) is 18.2 Å². The standard InChI is InChI=1S/C13H14F3NO2/c1-8(2)19-12(18)17-10-6-4-3-5-9(10)7-11(17)13(14,15)16/h3-6,8,11H,7H2,1-2H3. The molecule has 1 atom stereocenters. The van der Waals surface area contributed by atoms with Gasteiger partial charge in [0.05, 0.1) is 11.8 Å². The third-order valence-corrected chi connectivity index (χ3v) is 2.89. The van der Waals surface area contributed by atoms with Crippen LogP contribution in [0.5, 0.6) is 0 Å². The molecular weight excluding hydrogens is 259 g/mol. The maximum Gasteiger partial charge on any atom is 0.415 e. The van der Waals surface area contributed by atoms with Crippen molar-refractivity contribution in [3.05, 3.63) is 29.8 Å². The number of benzene rings is 1. The van der Waals surface area contributed by atoms with Gasteiger partial charge in [-0.05, 0) is 25.5 Å². The van der Waals surface area contributed by atoms with E-state index in [4.69, 9.17) is 4.74 Å². The molecule has 1 aliphatic heterocycles. The van der Waals surface area contributed by atoms with E-state index in [9.17, 15) is 18.0 Å². The zero-order valence-electron chi connectivity index (χ0n) is 10.6. The molecule has 1 unspecified atom stereocenters. The van der Waals surface area contributed by atoms with Crippen LogP contribution in [0.1, 0.15) is 19.4 Å². The Hall–Kier alpha value is -1.72. The summed E-state index contributed by atoms with van der Waals surface area (Å²) in [6.07, 6.45) is -6.13. The van der Waals surface area contributed by atoms with Crippen LogP contribution in [0, 0.1) is 0 Å². The number of fused-ring (bicyclic) bond motifs is 1. The highest BCUT2D eigenvalue weighted by Crippen LogP contribution is 2.39. The van der Waals surface area contributed by atoms with E-state index in [1.54, 1.807) is 32.0 Å². The molecule has 19 heavy (non-hydrogen) atoms. The highest BCUT2D eigenvalue weighted by Gasteiger charge is 2.50. The number of ether oxygens (including phenoxy) is 1. The Morgan fingerprint density at radius 1 is 1.37 bits per heavy atom. The van der Waals surface area contributed by atoms with E-state index in [0.717, 1.165) is 0 Å². The Labute approximate surface area is 109 Å². The highest BCUT2D eigenvalue weighted by molar-refractivity contribution is 5.91. The van der Waals surface area contributed by atoms with Gasteiger partial charge in [-0.3, -0.25) is 4.90 Å². The van der Waals surface area contributed by atoms with Crippen LogP contribution in [0.15, 0.2) is 24.3 Å². The summed E-state index contributed by atoms with van der Waals surface area (Å²) in [6, 6.07) is 4.51. The summed E-state index contributed by atoms with van der Waals surface area (Å²) in [5.41, 5.74) is 0.779. The summed E-state index contributed by atoms with van der Waals surface area (Å²) in [5, 5.41) is 0. The van der Waals surface area contributed by atoms with Crippen molar-refractivity contribution in [3.63, 3.8) is 0 Å². The maximum absolute atomic E-state index is 13.0. The van der Waals surface area contributed by atoms with Crippen LogP contribution in [0.3, 0.4) is 0 Å². The molecule has 1 heterocycles. The summed E-state index contributed by atoms with van der Waals surface area (Å²) in [4.78, 5) is 12.6. The van der Waals surface area contributed by atoms with Crippen molar-refractivity contribution in [3.8, 4) is 0 Å². The van der Waals surface area contributed by atoms with Gasteiger partial charge < -0.3 is 4.74 Å². The second kappa shape index (κ2) is 4.75. The third-order valence-electron chi connectivity index (χ3n) is 2.89. The number of halogens is 3. The van der Waals surface area contributed by atoms with Gasteiger partial charge in [-0.2, -0.15) is 13.2 Å². The number of carbonyl (C=O) groups excluding carboxylic acids is 1. The lowest BCUT2D eigenvalue weighted by molar-refractivity contribution is -0.146. The molecule has 6 heteroatoms. The van der Waals surface area contributed by atoms with Crippen LogP contribution in [0.2, 0.25) is 0 Å². The summed E-state index contributed by atoms with van der Waals surface area (Å²) in [6.45, 7) is 3.20.